The number of hydrogen-bond acceptors (Lipinski definition) is 3. The zero-order valence-electron chi connectivity index (χ0n) is 10.0. The number of carboxylic acids is 1. The van der Waals surface area contributed by atoms with Gasteiger partial charge in [0.1, 0.15) is 0 Å². The number of ketones is 1. The SMILES string of the molecule is CC(C)CC(CC(=O)C1CCCN1)C(=O)O. The first-order valence-electron chi connectivity index (χ1n) is 5.99. The quantitative estimate of drug-likeness (QED) is 0.720. The summed E-state index contributed by atoms with van der Waals surface area (Å²) in [6.45, 7) is 4.83. The first-order chi connectivity index (χ1) is 7.50. The molecule has 0 amide bonds. The highest BCUT2D eigenvalue weighted by Crippen LogP contribution is 2.19. The van der Waals surface area contributed by atoms with Crippen LogP contribution < -0.4 is 5.32 Å². The van der Waals surface area contributed by atoms with Crippen LogP contribution in [-0.2, 0) is 9.59 Å². The van der Waals surface area contributed by atoms with E-state index < -0.39 is 11.9 Å². The smallest absolute Gasteiger partial charge is 0.306 e. The Kier molecular flexibility index (Phi) is 4.93. The fourth-order valence-corrected chi connectivity index (χ4v) is 2.18. The summed E-state index contributed by atoms with van der Waals surface area (Å²) in [5.74, 6) is -0.995. The number of hydrogen-bond donors (Lipinski definition) is 2. The molecule has 0 aromatic carbocycles. The third-order valence-corrected chi connectivity index (χ3v) is 3.00. The molecule has 16 heavy (non-hydrogen) atoms. The standard InChI is InChI=1S/C12H21NO3/c1-8(2)6-9(12(15)16)7-11(14)10-4-3-5-13-10/h8-10,13H,3-7H2,1-2H3,(H,15,16). The molecular formula is C12H21NO3. The lowest BCUT2D eigenvalue weighted by molar-refractivity contribution is -0.144. The molecule has 0 aliphatic carbocycles. The molecule has 2 unspecified atom stereocenters. The van der Waals surface area contributed by atoms with E-state index in [1.165, 1.54) is 0 Å². The van der Waals surface area contributed by atoms with Crippen LogP contribution in [0.4, 0.5) is 0 Å². The van der Waals surface area contributed by atoms with Crippen molar-refractivity contribution >= 4 is 11.8 Å². The molecule has 4 nitrogen and oxygen atoms in total. The Morgan fingerprint density at radius 1 is 1.44 bits per heavy atom. The van der Waals surface area contributed by atoms with Crippen LogP contribution in [0.15, 0.2) is 0 Å². The zero-order chi connectivity index (χ0) is 12.1. The normalized spacial score (nSPS) is 22.3. The second-order valence-electron chi connectivity index (χ2n) is 4.98. The third kappa shape index (κ3) is 3.93. The highest BCUT2D eigenvalue weighted by molar-refractivity contribution is 5.88. The minimum Gasteiger partial charge on any atom is -0.481 e. The van der Waals surface area contributed by atoms with Crippen LogP contribution in [0, 0.1) is 11.8 Å². The molecule has 1 fully saturated rings. The first kappa shape index (κ1) is 13.2. The van der Waals surface area contributed by atoms with Crippen LogP contribution in [0.5, 0.6) is 0 Å². The lowest BCUT2D eigenvalue weighted by Crippen LogP contribution is -2.33. The zero-order valence-corrected chi connectivity index (χ0v) is 10.0. The lowest BCUT2D eigenvalue weighted by Gasteiger charge is -2.16. The Balaban J connectivity index is 2.47. The molecule has 1 aliphatic heterocycles. The molecule has 92 valence electrons. The van der Waals surface area contributed by atoms with E-state index in [0.717, 1.165) is 19.4 Å². The molecule has 0 saturated carbocycles. The molecular weight excluding hydrogens is 206 g/mol. The predicted octanol–water partition coefficient (Wildman–Crippen LogP) is 1.44. The Morgan fingerprint density at radius 3 is 2.56 bits per heavy atom. The highest BCUT2D eigenvalue weighted by Gasteiger charge is 2.28. The van der Waals surface area contributed by atoms with E-state index in [2.05, 4.69) is 5.32 Å². The largest absolute Gasteiger partial charge is 0.481 e. The van der Waals surface area contributed by atoms with Gasteiger partial charge >= 0.3 is 5.97 Å². The van der Waals surface area contributed by atoms with Gasteiger partial charge < -0.3 is 10.4 Å². The van der Waals surface area contributed by atoms with Gasteiger partial charge in [-0.25, -0.2) is 0 Å². The Hall–Kier alpha value is -0.900. The Bertz CT molecular complexity index is 257. The van der Waals surface area contributed by atoms with Gasteiger partial charge in [-0.3, -0.25) is 9.59 Å². The minimum absolute atomic E-state index is 0.0607. The summed E-state index contributed by atoms with van der Waals surface area (Å²) in [6, 6.07) is -0.103. The van der Waals surface area contributed by atoms with Gasteiger partial charge in [0.15, 0.2) is 5.78 Å². The second-order valence-corrected chi connectivity index (χ2v) is 4.98. The van der Waals surface area contributed by atoms with E-state index >= 15 is 0 Å². The van der Waals surface area contributed by atoms with Crippen molar-refractivity contribution in [3.63, 3.8) is 0 Å². The van der Waals surface area contributed by atoms with Gasteiger partial charge in [-0.1, -0.05) is 13.8 Å². The van der Waals surface area contributed by atoms with E-state index in [-0.39, 0.29) is 18.2 Å². The fraction of sp³-hybridized carbons (Fsp3) is 0.833. The molecule has 1 saturated heterocycles. The maximum absolute atomic E-state index is 11.8. The van der Waals surface area contributed by atoms with Crippen LogP contribution in [0.3, 0.4) is 0 Å². The summed E-state index contributed by atoms with van der Waals surface area (Å²) in [5.41, 5.74) is 0. The van der Waals surface area contributed by atoms with Gasteiger partial charge in [-0.2, -0.15) is 0 Å². The molecule has 0 aromatic heterocycles. The van der Waals surface area contributed by atoms with Crippen LogP contribution >= 0.6 is 0 Å². The maximum Gasteiger partial charge on any atom is 0.306 e. The van der Waals surface area contributed by atoms with Crippen molar-refractivity contribution in [1.82, 2.24) is 5.32 Å². The summed E-state index contributed by atoms with van der Waals surface area (Å²) in [6.07, 6.45) is 2.62. The Labute approximate surface area is 96.4 Å². The number of Topliss-reactive ketones (excluding diaryl/α,β-unsaturated/α-hetero) is 1. The number of aliphatic carboxylic acids is 1. The lowest BCUT2D eigenvalue weighted by atomic mass is 9.90. The molecule has 2 atom stereocenters. The number of rotatable bonds is 6. The van der Waals surface area contributed by atoms with E-state index in [9.17, 15) is 9.59 Å². The fourth-order valence-electron chi connectivity index (χ4n) is 2.18. The van der Waals surface area contributed by atoms with Crippen molar-refractivity contribution in [1.29, 1.82) is 0 Å². The van der Waals surface area contributed by atoms with Gasteiger partial charge in [-0.15, -0.1) is 0 Å². The predicted molar refractivity (Wildman–Crippen MR) is 61.2 cm³/mol. The summed E-state index contributed by atoms with van der Waals surface area (Å²) < 4.78 is 0. The van der Waals surface area contributed by atoms with Gasteiger partial charge in [0.05, 0.1) is 12.0 Å². The Morgan fingerprint density at radius 2 is 2.12 bits per heavy atom. The third-order valence-electron chi connectivity index (χ3n) is 3.00. The van der Waals surface area contributed by atoms with Crippen LogP contribution in [-0.4, -0.2) is 29.4 Å². The van der Waals surface area contributed by atoms with Crippen LogP contribution in [0.1, 0.15) is 39.5 Å². The molecule has 1 rings (SSSR count). The van der Waals surface area contributed by atoms with Gasteiger partial charge in [0.25, 0.3) is 0 Å². The van der Waals surface area contributed by atoms with Crippen LogP contribution in [0.25, 0.3) is 0 Å². The summed E-state index contributed by atoms with van der Waals surface area (Å²) >= 11 is 0. The second kappa shape index (κ2) is 5.99. The molecule has 1 aliphatic rings. The summed E-state index contributed by atoms with van der Waals surface area (Å²) in [5, 5.41) is 12.2. The molecule has 0 radical (unpaired) electrons. The number of carbonyl (C=O) groups is 2. The molecule has 0 spiro atoms. The van der Waals surface area contributed by atoms with Crippen molar-refractivity contribution in [2.45, 2.75) is 45.6 Å². The van der Waals surface area contributed by atoms with Gasteiger partial charge in [-0.05, 0) is 31.7 Å². The maximum atomic E-state index is 11.8. The first-order valence-corrected chi connectivity index (χ1v) is 5.99. The monoisotopic (exact) mass is 227 g/mol. The van der Waals surface area contributed by atoms with Crippen molar-refractivity contribution in [3.05, 3.63) is 0 Å². The highest BCUT2D eigenvalue weighted by atomic mass is 16.4. The van der Waals surface area contributed by atoms with Crippen molar-refractivity contribution in [3.8, 4) is 0 Å². The van der Waals surface area contributed by atoms with Crippen molar-refractivity contribution in [2.75, 3.05) is 6.54 Å². The summed E-state index contributed by atoms with van der Waals surface area (Å²) in [4.78, 5) is 22.8. The molecule has 0 bridgehead atoms. The van der Waals surface area contributed by atoms with E-state index in [1.807, 2.05) is 13.8 Å². The number of carbonyl (C=O) groups excluding carboxylic acids is 1. The van der Waals surface area contributed by atoms with Gasteiger partial charge in [0.2, 0.25) is 0 Å². The van der Waals surface area contributed by atoms with Gasteiger partial charge in [0, 0.05) is 6.42 Å². The van der Waals surface area contributed by atoms with Crippen molar-refractivity contribution < 1.29 is 14.7 Å². The average molecular weight is 227 g/mol. The molecule has 1 heterocycles. The summed E-state index contributed by atoms with van der Waals surface area (Å²) in [7, 11) is 0. The van der Waals surface area contributed by atoms with E-state index in [4.69, 9.17) is 5.11 Å². The number of nitrogens with one attached hydrogen (secondary N) is 1. The number of carboxylic acid groups (broad SMARTS) is 1. The minimum atomic E-state index is -0.847. The molecule has 2 N–H and O–H groups in total. The molecule has 4 heteroatoms. The van der Waals surface area contributed by atoms with E-state index in [1.54, 1.807) is 0 Å². The van der Waals surface area contributed by atoms with Crippen LogP contribution in [0.2, 0.25) is 0 Å². The van der Waals surface area contributed by atoms with Crippen molar-refractivity contribution in [2.24, 2.45) is 11.8 Å². The average Bonchev–Trinajstić information content (AvgIpc) is 2.68. The van der Waals surface area contributed by atoms with E-state index in [0.29, 0.717) is 12.3 Å². The molecule has 0 aromatic rings. The topological polar surface area (TPSA) is 66.4 Å².